The van der Waals surface area contributed by atoms with E-state index in [-0.39, 0.29) is 23.9 Å². The lowest BCUT2D eigenvalue weighted by atomic mass is 10.2. The third kappa shape index (κ3) is 4.93. The molecule has 0 fully saturated rings. The van der Waals surface area contributed by atoms with Crippen molar-refractivity contribution in [3.63, 3.8) is 0 Å². The summed E-state index contributed by atoms with van der Waals surface area (Å²) in [5.74, 6) is -0.309. The first-order valence-corrected chi connectivity index (χ1v) is 9.69. The molecule has 4 aromatic rings. The molecule has 0 radical (unpaired) electrons. The molecule has 2 amide bonds. The number of fused-ring (bicyclic) bond motifs is 1. The lowest BCUT2D eigenvalue weighted by Gasteiger charge is -2.10. The van der Waals surface area contributed by atoms with Gasteiger partial charge in [0, 0.05) is 34.8 Å². The van der Waals surface area contributed by atoms with Crippen molar-refractivity contribution in [1.82, 2.24) is 0 Å². The highest BCUT2D eigenvalue weighted by Crippen LogP contribution is 2.19. The van der Waals surface area contributed by atoms with E-state index in [1.807, 2.05) is 0 Å². The van der Waals surface area contributed by atoms with Gasteiger partial charge in [-0.15, -0.1) is 0 Å². The Morgan fingerprint density at radius 2 is 1.69 bits per heavy atom. The number of nitrogen functional groups attached to an aromatic ring is 1. The second-order valence-electron chi connectivity index (χ2n) is 6.94. The van der Waals surface area contributed by atoms with E-state index in [0.29, 0.717) is 39.3 Å². The van der Waals surface area contributed by atoms with E-state index in [0.717, 1.165) is 0 Å². The van der Waals surface area contributed by atoms with Crippen LogP contribution >= 0.6 is 0 Å². The fourth-order valence-electron chi connectivity index (χ4n) is 3.06. The van der Waals surface area contributed by atoms with Crippen LogP contribution in [0.5, 0.6) is 5.75 Å². The van der Waals surface area contributed by atoms with Crippen LogP contribution in [-0.4, -0.2) is 18.4 Å². The van der Waals surface area contributed by atoms with Gasteiger partial charge in [0.25, 0.3) is 11.8 Å². The van der Waals surface area contributed by atoms with Crippen LogP contribution in [0.25, 0.3) is 11.0 Å². The number of nitrogens with two attached hydrogens (primary N) is 1. The van der Waals surface area contributed by atoms with Crippen LogP contribution in [0.4, 0.5) is 17.1 Å². The zero-order valence-corrected chi connectivity index (χ0v) is 16.8. The summed E-state index contributed by atoms with van der Waals surface area (Å²) in [4.78, 5) is 36.4. The molecule has 0 aliphatic heterocycles. The van der Waals surface area contributed by atoms with Gasteiger partial charge in [-0.1, -0.05) is 12.1 Å². The lowest BCUT2D eigenvalue weighted by molar-refractivity contribution is -0.118. The summed E-state index contributed by atoms with van der Waals surface area (Å²) in [5, 5.41) is 5.91. The molecule has 3 aromatic carbocycles. The largest absolute Gasteiger partial charge is 0.484 e. The van der Waals surface area contributed by atoms with Gasteiger partial charge in [0.15, 0.2) is 12.0 Å². The standard InChI is InChI=1S/C24H19N3O5/c25-16-4-1-3-15(11-16)24(30)27-18-6-2-5-17(12-18)26-23(29)14-32-19-7-8-20-21(28)9-10-31-22(20)13-19/h1-13H,14,25H2,(H,26,29)(H,27,30). The Hall–Kier alpha value is -4.59. The number of carbonyl (C=O) groups excluding carboxylic acids is 2. The smallest absolute Gasteiger partial charge is 0.262 e. The van der Waals surface area contributed by atoms with Crippen molar-refractivity contribution in [3.8, 4) is 5.75 Å². The first-order chi connectivity index (χ1) is 15.5. The summed E-state index contributed by atoms with van der Waals surface area (Å²) in [5.41, 5.74) is 7.87. The van der Waals surface area contributed by atoms with E-state index < -0.39 is 0 Å². The fourth-order valence-corrected chi connectivity index (χ4v) is 3.06. The number of carbonyl (C=O) groups is 2. The maximum Gasteiger partial charge on any atom is 0.262 e. The number of hydrogen-bond donors (Lipinski definition) is 3. The predicted molar refractivity (Wildman–Crippen MR) is 122 cm³/mol. The van der Waals surface area contributed by atoms with E-state index in [9.17, 15) is 14.4 Å². The fraction of sp³-hybridized carbons (Fsp3) is 0.0417. The number of amides is 2. The van der Waals surface area contributed by atoms with E-state index in [4.69, 9.17) is 14.9 Å². The van der Waals surface area contributed by atoms with Gasteiger partial charge in [0.05, 0.1) is 11.6 Å². The molecule has 4 N–H and O–H groups in total. The molecule has 8 nitrogen and oxygen atoms in total. The van der Waals surface area contributed by atoms with Crippen molar-refractivity contribution in [3.05, 3.63) is 94.8 Å². The predicted octanol–water partition coefficient (Wildman–Crippen LogP) is 3.65. The van der Waals surface area contributed by atoms with Gasteiger partial charge in [-0.05, 0) is 48.5 Å². The van der Waals surface area contributed by atoms with Gasteiger partial charge in [0.1, 0.15) is 11.3 Å². The van der Waals surface area contributed by atoms with Gasteiger partial charge >= 0.3 is 0 Å². The average Bonchev–Trinajstić information content (AvgIpc) is 2.78. The minimum Gasteiger partial charge on any atom is -0.484 e. The van der Waals surface area contributed by atoms with Gasteiger partial charge in [-0.2, -0.15) is 0 Å². The summed E-state index contributed by atoms with van der Waals surface area (Å²) < 4.78 is 10.8. The molecule has 0 aliphatic carbocycles. The maximum atomic E-state index is 12.4. The molecule has 0 aliphatic rings. The average molecular weight is 429 g/mol. The molecule has 0 unspecified atom stereocenters. The van der Waals surface area contributed by atoms with Crippen LogP contribution in [0.15, 0.2) is 88.3 Å². The van der Waals surface area contributed by atoms with Gasteiger partial charge in [-0.3, -0.25) is 14.4 Å². The monoisotopic (exact) mass is 429 g/mol. The van der Waals surface area contributed by atoms with Gasteiger partial charge < -0.3 is 25.5 Å². The SMILES string of the molecule is Nc1cccc(C(=O)Nc2cccc(NC(=O)COc3ccc4c(=O)ccoc4c3)c2)c1. The zero-order valence-electron chi connectivity index (χ0n) is 16.8. The molecule has 1 aromatic heterocycles. The van der Waals surface area contributed by atoms with E-state index >= 15 is 0 Å². The molecule has 0 saturated heterocycles. The van der Waals surface area contributed by atoms with Crippen LogP contribution < -0.4 is 26.5 Å². The second-order valence-corrected chi connectivity index (χ2v) is 6.94. The van der Waals surface area contributed by atoms with Crippen LogP contribution in [0, 0.1) is 0 Å². The maximum absolute atomic E-state index is 12.4. The molecular weight excluding hydrogens is 410 g/mol. The van der Waals surface area contributed by atoms with Crippen molar-refractivity contribution in [2.24, 2.45) is 0 Å². The van der Waals surface area contributed by atoms with E-state index in [2.05, 4.69) is 10.6 Å². The Morgan fingerprint density at radius 1 is 0.906 bits per heavy atom. The molecule has 0 bridgehead atoms. The first-order valence-electron chi connectivity index (χ1n) is 9.69. The number of benzene rings is 3. The topological polar surface area (TPSA) is 124 Å². The summed E-state index contributed by atoms with van der Waals surface area (Å²) in [7, 11) is 0. The summed E-state index contributed by atoms with van der Waals surface area (Å²) in [6.45, 7) is -0.248. The first kappa shape index (κ1) is 20.7. The molecule has 0 atom stereocenters. The highest BCUT2D eigenvalue weighted by molar-refractivity contribution is 6.05. The Bertz CT molecular complexity index is 1360. The molecule has 0 saturated carbocycles. The number of nitrogens with one attached hydrogen (secondary N) is 2. The second kappa shape index (κ2) is 9.05. The van der Waals surface area contributed by atoms with E-state index in [1.165, 1.54) is 12.3 Å². The normalized spacial score (nSPS) is 10.5. The van der Waals surface area contributed by atoms with Crippen molar-refractivity contribution in [2.45, 2.75) is 0 Å². The Kier molecular flexibility index (Phi) is 5.85. The molecule has 4 rings (SSSR count). The Morgan fingerprint density at radius 3 is 2.50 bits per heavy atom. The van der Waals surface area contributed by atoms with Crippen LogP contribution in [0.1, 0.15) is 10.4 Å². The van der Waals surface area contributed by atoms with Gasteiger partial charge in [-0.25, -0.2) is 0 Å². The zero-order chi connectivity index (χ0) is 22.5. The molecule has 32 heavy (non-hydrogen) atoms. The summed E-state index contributed by atoms with van der Waals surface area (Å²) in [6.07, 6.45) is 1.31. The van der Waals surface area contributed by atoms with Crippen molar-refractivity contribution in [1.29, 1.82) is 0 Å². The summed E-state index contributed by atoms with van der Waals surface area (Å²) in [6, 6.07) is 19.4. The van der Waals surface area contributed by atoms with Crippen molar-refractivity contribution in [2.75, 3.05) is 23.0 Å². The van der Waals surface area contributed by atoms with Gasteiger partial charge in [0.2, 0.25) is 0 Å². The van der Waals surface area contributed by atoms with Crippen molar-refractivity contribution < 1.29 is 18.7 Å². The Balaban J connectivity index is 1.36. The number of ether oxygens (including phenoxy) is 1. The van der Waals surface area contributed by atoms with E-state index in [1.54, 1.807) is 66.7 Å². The van der Waals surface area contributed by atoms with Crippen LogP contribution in [0.2, 0.25) is 0 Å². The molecule has 1 heterocycles. The number of anilines is 3. The Labute approximate surface area is 182 Å². The molecule has 0 spiro atoms. The third-order valence-corrected chi connectivity index (χ3v) is 4.56. The minimum atomic E-state index is -0.390. The minimum absolute atomic E-state index is 0.154. The highest BCUT2D eigenvalue weighted by Gasteiger charge is 2.09. The number of hydrogen-bond acceptors (Lipinski definition) is 6. The molecule has 8 heteroatoms. The van der Waals surface area contributed by atoms with Crippen LogP contribution in [-0.2, 0) is 4.79 Å². The van der Waals surface area contributed by atoms with Crippen LogP contribution in [0.3, 0.4) is 0 Å². The third-order valence-electron chi connectivity index (χ3n) is 4.56. The molecular formula is C24H19N3O5. The summed E-state index contributed by atoms with van der Waals surface area (Å²) >= 11 is 0. The highest BCUT2D eigenvalue weighted by atomic mass is 16.5. The number of rotatable bonds is 6. The quantitative estimate of drug-likeness (QED) is 0.402. The van der Waals surface area contributed by atoms with Crippen molar-refractivity contribution >= 4 is 39.8 Å². The molecule has 160 valence electrons. The lowest BCUT2D eigenvalue weighted by Crippen LogP contribution is -2.20.